The number of ether oxygens (including phenoxy) is 2. The SMILES string of the molecule is CCOc1cc(/C=C/C(=O)Nc2ccc3oc(=O)n(CCN(C)C)c3c2)ccc1OC(F)F. The van der Waals surface area contributed by atoms with E-state index in [9.17, 15) is 18.4 Å². The van der Waals surface area contributed by atoms with Gasteiger partial charge in [0.05, 0.1) is 12.1 Å². The smallest absolute Gasteiger partial charge is 0.419 e. The van der Waals surface area contributed by atoms with Crippen LogP contribution >= 0.6 is 0 Å². The molecule has 8 nitrogen and oxygen atoms in total. The topological polar surface area (TPSA) is 85.9 Å². The molecular weight excluding hydrogens is 436 g/mol. The molecule has 0 aliphatic heterocycles. The third kappa shape index (κ3) is 6.42. The molecule has 176 valence electrons. The van der Waals surface area contributed by atoms with Gasteiger partial charge < -0.3 is 24.1 Å². The normalized spacial score (nSPS) is 11.6. The summed E-state index contributed by atoms with van der Waals surface area (Å²) in [4.78, 5) is 26.5. The number of benzene rings is 2. The Balaban J connectivity index is 1.74. The summed E-state index contributed by atoms with van der Waals surface area (Å²) in [5.74, 6) is -0.797. The van der Waals surface area contributed by atoms with Crippen LogP contribution < -0.4 is 20.5 Å². The molecule has 1 heterocycles. The van der Waals surface area contributed by atoms with Crippen LogP contribution in [0, 0.1) is 0 Å². The first kappa shape index (κ1) is 24.0. The fourth-order valence-electron chi connectivity index (χ4n) is 3.10. The van der Waals surface area contributed by atoms with E-state index in [4.69, 9.17) is 9.15 Å². The van der Waals surface area contributed by atoms with Crippen molar-refractivity contribution in [3.05, 3.63) is 58.6 Å². The van der Waals surface area contributed by atoms with Gasteiger partial charge in [0.1, 0.15) is 0 Å². The lowest BCUT2D eigenvalue weighted by molar-refractivity contribution is -0.111. The van der Waals surface area contributed by atoms with E-state index in [0.29, 0.717) is 35.4 Å². The van der Waals surface area contributed by atoms with E-state index in [-0.39, 0.29) is 18.1 Å². The number of oxazole rings is 1. The maximum Gasteiger partial charge on any atom is 0.419 e. The molecule has 0 fully saturated rings. The second kappa shape index (κ2) is 10.8. The molecule has 0 spiro atoms. The largest absolute Gasteiger partial charge is 0.490 e. The summed E-state index contributed by atoms with van der Waals surface area (Å²) >= 11 is 0. The molecule has 2 aromatic carbocycles. The van der Waals surface area contributed by atoms with Crippen molar-refractivity contribution in [2.75, 3.05) is 32.6 Å². The molecule has 3 aromatic rings. The van der Waals surface area contributed by atoms with Crippen molar-refractivity contribution in [1.82, 2.24) is 9.47 Å². The van der Waals surface area contributed by atoms with Gasteiger partial charge >= 0.3 is 12.4 Å². The molecule has 0 unspecified atom stereocenters. The van der Waals surface area contributed by atoms with Crippen LogP contribution in [0.5, 0.6) is 11.5 Å². The lowest BCUT2D eigenvalue weighted by Crippen LogP contribution is -2.23. The van der Waals surface area contributed by atoms with E-state index in [1.807, 2.05) is 19.0 Å². The Morgan fingerprint density at radius 2 is 2.00 bits per heavy atom. The van der Waals surface area contributed by atoms with Crippen molar-refractivity contribution < 1.29 is 27.5 Å². The van der Waals surface area contributed by atoms with Crippen molar-refractivity contribution in [1.29, 1.82) is 0 Å². The third-order valence-electron chi connectivity index (χ3n) is 4.62. The summed E-state index contributed by atoms with van der Waals surface area (Å²) < 4.78 is 41.6. The van der Waals surface area contributed by atoms with Crippen LogP contribution in [0.3, 0.4) is 0 Å². The minimum atomic E-state index is -2.97. The van der Waals surface area contributed by atoms with E-state index in [2.05, 4.69) is 10.1 Å². The Labute approximate surface area is 189 Å². The number of nitrogens with one attached hydrogen (secondary N) is 1. The van der Waals surface area contributed by atoms with Crippen molar-refractivity contribution in [2.24, 2.45) is 0 Å². The summed E-state index contributed by atoms with van der Waals surface area (Å²) in [6, 6.07) is 9.33. The number of aromatic nitrogens is 1. The van der Waals surface area contributed by atoms with Crippen LogP contribution in [0.2, 0.25) is 0 Å². The number of hydrogen-bond donors (Lipinski definition) is 1. The zero-order valence-electron chi connectivity index (χ0n) is 18.5. The first-order valence-electron chi connectivity index (χ1n) is 10.3. The van der Waals surface area contributed by atoms with E-state index < -0.39 is 18.3 Å². The number of carbonyl (C=O) groups is 1. The van der Waals surface area contributed by atoms with Crippen LogP contribution in [0.4, 0.5) is 14.5 Å². The standard InChI is InChI=1S/C23H25F2N3O5/c1-4-31-20-13-15(5-8-19(20)32-22(24)25)6-10-21(29)26-16-7-9-18-17(14-16)28(23(30)33-18)12-11-27(2)3/h5-10,13-14,22H,4,11-12H2,1-3H3,(H,26,29)/b10-6+. The summed E-state index contributed by atoms with van der Waals surface area (Å²) in [7, 11) is 3.81. The van der Waals surface area contributed by atoms with Crippen LogP contribution in [0.15, 0.2) is 51.7 Å². The first-order valence-corrected chi connectivity index (χ1v) is 10.3. The number of amides is 1. The highest BCUT2D eigenvalue weighted by Gasteiger charge is 2.12. The molecule has 10 heteroatoms. The highest BCUT2D eigenvalue weighted by molar-refractivity contribution is 6.02. The maximum absolute atomic E-state index is 12.5. The van der Waals surface area contributed by atoms with Crippen LogP contribution in [-0.4, -0.2) is 49.2 Å². The van der Waals surface area contributed by atoms with E-state index in [1.54, 1.807) is 25.1 Å². The second-order valence-electron chi connectivity index (χ2n) is 7.35. The highest BCUT2D eigenvalue weighted by atomic mass is 19.3. The van der Waals surface area contributed by atoms with Crippen molar-refractivity contribution in [2.45, 2.75) is 20.1 Å². The monoisotopic (exact) mass is 461 g/mol. The molecule has 3 rings (SSSR count). The summed E-state index contributed by atoms with van der Waals surface area (Å²) in [5, 5.41) is 2.73. The lowest BCUT2D eigenvalue weighted by atomic mass is 10.2. The Morgan fingerprint density at radius 1 is 1.21 bits per heavy atom. The predicted octanol–water partition coefficient (Wildman–Crippen LogP) is 3.81. The minimum Gasteiger partial charge on any atom is -0.490 e. The van der Waals surface area contributed by atoms with Crippen molar-refractivity contribution >= 4 is 28.8 Å². The van der Waals surface area contributed by atoms with Gasteiger partial charge in [0, 0.05) is 24.9 Å². The number of fused-ring (bicyclic) bond motifs is 1. The van der Waals surface area contributed by atoms with Gasteiger partial charge in [-0.2, -0.15) is 8.78 Å². The van der Waals surface area contributed by atoms with Crippen LogP contribution in [0.25, 0.3) is 17.2 Å². The van der Waals surface area contributed by atoms with E-state index in [0.717, 1.165) is 0 Å². The molecule has 0 saturated carbocycles. The van der Waals surface area contributed by atoms with Gasteiger partial charge in [-0.3, -0.25) is 9.36 Å². The zero-order valence-corrected chi connectivity index (χ0v) is 18.5. The molecule has 0 radical (unpaired) electrons. The van der Waals surface area contributed by atoms with Gasteiger partial charge in [0.25, 0.3) is 0 Å². The fourth-order valence-corrected chi connectivity index (χ4v) is 3.10. The quantitative estimate of drug-likeness (QED) is 0.462. The number of alkyl halides is 2. The molecule has 1 N–H and O–H groups in total. The number of rotatable bonds is 10. The van der Waals surface area contributed by atoms with Gasteiger partial charge in [0.2, 0.25) is 5.91 Å². The van der Waals surface area contributed by atoms with Crippen LogP contribution in [0.1, 0.15) is 12.5 Å². The van der Waals surface area contributed by atoms with Crippen molar-refractivity contribution in [3.63, 3.8) is 0 Å². The van der Waals surface area contributed by atoms with E-state index in [1.165, 1.54) is 34.9 Å². The van der Waals surface area contributed by atoms with Gasteiger partial charge in [-0.05, 0) is 63.0 Å². The number of hydrogen-bond acceptors (Lipinski definition) is 6. The predicted molar refractivity (Wildman–Crippen MR) is 121 cm³/mol. The molecular formula is C23H25F2N3O5. The Kier molecular flexibility index (Phi) is 7.83. The summed E-state index contributed by atoms with van der Waals surface area (Å²) in [6.07, 6.45) is 2.82. The molecule has 33 heavy (non-hydrogen) atoms. The summed E-state index contributed by atoms with van der Waals surface area (Å²) in [5.41, 5.74) is 2.08. The maximum atomic E-state index is 12.5. The molecule has 0 bridgehead atoms. The lowest BCUT2D eigenvalue weighted by Gasteiger charge is -2.11. The first-order chi connectivity index (χ1) is 15.8. The molecule has 1 aromatic heterocycles. The van der Waals surface area contributed by atoms with Gasteiger partial charge in [-0.15, -0.1) is 0 Å². The number of carbonyl (C=O) groups excluding carboxylic acids is 1. The van der Waals surface area contributed by atoms with E-state index >= 15 is 0 Å². The van der Waals surface area contributed by atoms with Gasteiger partial charge in [-0.25, -0.2) is 4.79 Å². The van der Waals surface area contributed by atoms with Crippen molar-refractivity contribution in [3.8, 4) is 11.5 Å². The minimum absolute atomic E-state index is 0.0813. The average Bonchev–Trinajstić information content (AvgIpc) is 3.06. The fraction of sp³-hybridized carbons (Fsp3) is 0.304. The molecule has 1 amide bonds. The Morgan fingerprint density at radius 3 is 2.70 bits per heavy atom. The number of nitrogens with zero attached hydrogens (tertiary/aromatic N) is 2. The number of anilines is 1. The zero-order chi connectivity index (χ0) is 24.0. The second-order valence-corrected chi connectivity index (χ2v) is 7.35. The third-order valence-corrected chi connectivity index (χ3v) is 4.62. The number of halogens is 2. The highest BCUT2D eigenvalue weighted by Crippen LogP contribution is 2.30. The Bertz CT molecular complexity index is 1200. The van der Waals surface area contributed by atoms with Crippen LogP contribution in [-0.2, 0) is 11.3 Å². The number of likely N-dealkylation sites (N-methyl/N-ethyl adjacent to an activating group) is 1. The average molecular weight is 461 g/mol. The molecule has 0 aliphatic carbocycles. The molecule has 0 saturated heterocycles. The van der Waals surface area contributed by atoms with Gasteiger partial charge in [0.15, 0.2) is 17.1 Å². The summed E-state index contributed by atoms with van der Waals surface area (Å²) in [6.45, 7) is 0.119. The molecule has 0 aliphatic rings. The molecule has 0 atom stereocenters. The Hall–Kier alpha value is -3.66. The van der Waals surface area contributed by atoms with Gasteiger partial charge in [-0.1, -0.05) is 6.07 Å².